The Bertz CT molecular complexity index is 1380. The number of hydrogen-bond acceptors (Lipinski definition) is 7. The number of anilines is 2. The first-order valence-corrected chi connectivity index (χ1v) is 12.9. The summed E-state index contributed by atoms with van der Waals surface area (Å²) in [7, 11) is 0. The van der Waals surface area contributed by atoms with Gasteiger partial charge < -0.3 is 4.74 Å². The third-order valence-electron chi connectivity index (χ3n) is 6.46. The van der Waals surface area contributed by atoms with E-state index in [2.05, 4.69) is 0 Å². The van der Waals surface area contributed by atoms with E-state index >= 15 is 0 Å². The van der Waals surface area contributed by atoms with Crippen molar-refractivity contribution in [3.8, 4) is 0 Å². The Hall–Kier alpha value is -2.91. The molecule has 3 unspecified atom stereocenters. The Kier molecular flexibility index (Phi) is 6.55. The van der Waals surface area contributed by atoms with Crippen molar-refractivity contribution in [2.45, 2.75) is 32.9 Å². The van der Waals surface area contributed by atoms with Crippen LogP contribution >= 0.6 is 34.5 Å². The maximum Gasteiger partial charge on any atom is 0.341 e. The summed E-state index contributed by atoms with van der Waals surface area (Å²) in [6.07, 6.45) is -1.09. The average Bonchev–Trinajstić information content (AvgIpc) is 3.45. The number of hydrogen-bond donors (Lipinski definition) is 0. The Morgan fingerprint density at radius 2 is 1.81 bits per heavy atom. The predicted molar refractivity (Wildman–Crippen MR) is 139 cm³/mol. The zero-order valence-corrected chi connectivity index (χ0v) is 22.0. The van der Waals surface area contributed by atoms with E-state index in [1.807, 2.05) is 37.3 Å². The number of hydroxylamine groups is 1. The van der Waals surface area contributed by atoms with Gasteiger partial charge in [-0.3, -0.25) is 14.4 Å². The van der Waals surface area contributed by atoms with Crippen molar-refractivity contribution in [1.29, 1.82) is 0 Å². The standard InChI is InChI=1S/C26H22Cl2N2O5S/c1-4-34-26(33)19-13(2)14(3)36-25(19)29-23(31)20-21(17-11-10-15(27)12-18(17)28)30(35-22(20)24(29)32)16-8-6-5-7-9-16/h5-12,20-22H,4H2,1-3H3. The first kappa shape index (κ1) is 24.8. The Labute approximate surface area is 222 Å². The van der Waals surface area contributed by atoms with Crippen LogP contribution in [-0.4, -0.2) is 30.5 Å². The zero-order valence-electron chi connectivity index (χ0n) is 19.7. The van der Waals surface area contributed by atoms with Crippen molar-refractivity contribution in [3.05, 3.63) is 80.1 Å². The van der Waals surface area contributed by atoms with Crippen molar-refractivity contribution < 1.29 is 24.0 Å². The molecule has 3 atom stereocenters. The Morgan fingerprint density at radius 3 is 2.47 bits per heavy atom. The molecule has 0 radical (unpaired) electrons. The van der Waals surface area contributed by atoms with Gasteiger partial charge in [-0.25, -0.2) is 14.8 Å². The Morgan fingerprint density at radius 1 is 1.08 bits per heavy atom. The quantitative estimate of drug-likeness (QED) is 0.294. The minimum atomic E-state index is -1.09. The smallest absolute Gasteiger partial charge is 0.341 e. The molecule has 7 nitrogen and oxygen atoms in total. The zero-order chi connectivity index (χ0) is 25.7. The molecule has 2 fully saturated rings. The number of halogens is 2. The molecule has 36 heavy (non-hydrogen) atoms. The van der Waals surface area contributed by atoms with Gasteiger partial charge in [-0.15, -0.1) is 11.3 Å². The van der Waals surface area contributed by atoms with Gasteiger partial charge in [0.15, 0.2) is 6.10 Å². The molecule has 2 aliphatic heterocycles. The molecular formula is C26H22Cl2N2O5S. The number of carbonyl (C=O) groups excluding carboxylic acids is 3. The molecule has 186 valence electrons. The van der Waals surface area contributed by atoms with E-state index in [0.717, 1.165) is 9.78 Å². The van der Waals surface area contributed by atoms with Crippen molar-refractivity contribution >= 4 is 63.0 Å². The van der Waals surface area contributed by atoms with Gasteiger partial charge in [-0.05, 0) is 56.2 Å². The summed E-state index contributed by atoms with van der Waals surface area (Å²) in [6.45, 7) is 5.49. The predicted octanol–water partition coefficient (Wildman–Crippen LogP) is 5.90. The van der Waals surface area contributed by atoms with Crippen molar-refractivity contribution in [1.82, 2.24) is 0 Å². The summed E-state index contributed by atoms with van der Waals surface area (Å²) in [5.74, 6) is -2.47. The highest BCUT2D eigenvalue weighted by atomic mass is 35.5. The second kappa shape index (κ2) is 9.52. The number of para-hydroxylation sites is 1. The van der Waals surface area contributed by atoms with E-state index in [1.54, 1.807) is 37.1 Å². The molecular weight excluding hydrogens is 523 g/mol. The second-order valence-electron chi connectivity index (χ2n) is 8.52. The lowest BCUT2D eigenvalue weighted by atomic mass is 9.90. The van der Waals surface area contributed by atoms with Crippen LogP contribution in [0.3, 0.4) is 0 Å². The highest BCUT2D eigenvalue weighted by molar-refractivity contribution is 7.17. The summed E-state index contributed by atoms with van der Waals surface area (Å²) in [6, 6.07) is 13.5. The van der Waals surface area contributed by atoms with Crippen LogP contribution in [0.15, 0.2) is 48.5 Å². The Balaban J connectivity index is 1.62. The summed E-state index contributed by atoms with van der Waals surface area (Å²) in [4.78, 5) is 48.5. The minimum absolute atomic E-state index is 0.173. The van der Waals surface area contributed by atoms with E-state index in [4.69, 9.17) is 32.8 Å². The van der Waals surface area contributed by atoms with E-state index in [1.165, 1.54) is 11.3 Å². The molecule has 10 heteroatoms. The van der Waals surface area contributed by atoms with Crippen LogP contribution in [-0.2, 0) is 19.2 Å². The second-order valence-corrected chi connectivity index (χ2v) is 10.6. The molecule has 5 rings (SSSR count). The molecule has 2 aromatic carbocycles. The molecule has 0 spiro atoms. The number of rotatable bonds is 5. The van der Waals surface area contributed by atoms with Crippen LogP contribution in [0, 0.1) is 19.8 Å². The van der Waals surface area contributed by atoms with Crippen molar-refractivity contribution in [3.63, 3.8) is 0 Å². The third-order valence-corrected chi connectivity index (χ3v) is 8.21. The molecule has 0 aliphatic carbocycles. The van der Waals surface area contributed by atoms with Gasteiger partial charge in [-0.2, -0.15) is 0 Å². The van der Waals surface area contributed by atoms with Gasteiger partial charge >= 0.3 is 5.97 Å². The fourth-order valence-electron chi connectivity index (χ4n) is 4.68. The van der Waals surface area contributed by atoms with Crippen molar-refractivity contribution in [2.75, 3.05) is 16.6 Å². The van der Waals surface area contributed by atoms with Crippen LogP contribution in [0.4, 0.5) is 10.7 Å². The fraction of sp³-hybridized carbons (Fsp3) is 0.269. The van der Waals surface area contributed by atoms with E-state index < -0.39 is 35.8 Å². The number of imide groups is 1. The molecule has 0 bridgehead atoms. The van der Waals surface area contributed by atoms with Crippen LogP contribution < -0.4 is 9.96 Å². The van der Waals surface area contributed by atoms with Crippen LogP contribution in [0.1, 0.15) is 39.3 Å². The summed E-state index contributed by atoms with van der Waals surface area (Å²) in [5.41, 5.74) is 2.17. The first-order chi connectivity index (χ1) is 17.2. The number of amides is 2. The molecule has 2 aliphatic rings. The van der Waals surface area contributed by atoms with Gasteiger partial charge in [0.2, 0.25) is 5.91 Å². The fourth-order valence-corrected chi connectivity index (χ4v) is 6.36. The minimum Gasteiger partial charge on any atom is -0.462 e. The number of thiophene rings is 1. The van der Waals surface area contributed by atoms with Crippen molar-refractivity contribution in [2.24, 2.45) is 5.92 Å². The van der Waals surface area contributed by atoms with E-state index in [0.29, 0.717) is 26.9 Å². The molecule has 3 aromatic rings. The number of aryl methyl sites for hydroxylation is 1. The lowest BCUT2D eigenvalue weighted by Crippen LogP contribution is -2.37. The number of ether oxygens (including phenoxy) is 1. The number of benzene rings is 2. The summed E-state index contributed by atoms with van der Waals surface area (Å²) in [5, 5.41) is 2.62. The lowest BCUT2D eigenvalue weighted by Gasteiger charge is -2.29. The van der Waals surface area contributed by atoms with E-state index in [-0.39, 0.29) is 17.2 Å². The highest BCUT2D eigenvalue weighted by Crippen LogP contribution is 2.50. The normalized spacial score (nSPS) is 21.3. The van der Waals surface area contributed by atoms with Gasteiger partial charge in [-0.1, -0.05) is 47.5 Å². The number of esters is 1. The lowest BCUT2D eigenvalue weighted by molar-refractivity contribution is -0.126. The largest absolute Gasteiger partial charge is 0.462 e. The molecule has 1 aromatic heterocycles. The summed E-state index contributed by atoms with van der Waals surface area (Å²) < 4.78 is 5.23. The third kappa shape index (κ3) is 3.89. The van der Waals surface area contributed by atoms with Gasteiger partial charge in [0.05, 0.1) is 23.9 Å². The monoisotopic (exact) mass is 544 g/mol. The maximum atomic E-state index is 14.0. The highest BCUT2D eigenvalue weighted by Gasteiger charge is 2.61. The average molecular weight is 545 g/mol. The molecule has 3 heterocycles. The van der Waals surface area contributed by atoms with Gasteiger partial charge in [0, 0.05) is 14.9 Å². The van der Waals surface area contributed by atoms with E-state index in [9.17, 15) is 14.4 Å². The maximum absolute atomic E-state index is 14.0. The van der Waals surface area contributed by atoms with Crippen LogP contribution in [0.5, 0.6) is 0 Å². The van der Waals surface area contributed by atoms with Gasteiger partial charge in [0.25, 0.3) is 5.91 Å². The number of fused-ring (bicyclic) bond motifs is 1. The van der Waals surface area contributed by atoms with Crippen LogP contribution in [0.25, 0.3) is 0 Å². The molecule has 2 saturated heterocycles. The molecule has 0 saturated carbocycles. The number of carbonyl (C=O) groups is 3. The van der Waals surface area contributed by atoms with Gasteiger partial charge in [0.1, 0.15) is 10.9 Å². The topological polar surface area (TPSA) is 76.2 Å². The SMILES string of the molecule is CCOC(=O)c1c(N2C(=O)C3ON(c4ccccc4)C(c4ccc(Cl)cc4Cl)C3C2=O)sc(C)c1C. The first-order valence-electron chi connectivity index (χ1n) is 11.4. The van der Waals surface area contributed by atoms with Crippen LogP contribution in [0.2, 0.25) is 10.0 Å². The summed E-state index contributed by atoms with van der Waals surface area (Å²) >= 11 is 13.9. The molecule has 2 amide bonds. The number of nitrogens with zero attached hydrogens (tertiary/aromatic N) is 2. The molecule has 0 N–H and O–H groups in total.